The van der Waals surface area contributed by atoms with Gasteiger partial charge in [-0.3, -0.25) is 0 Å². The fraction of sp³-hybridized carbons (Fsp3) is 0.350. The van der Waals surface area contributed by atoms with E-state index in [9.17, 15) is 15.0 Å². The normalized spacial score (nSPS) is 13.2. The van der Waals surface area contributed by atoms with Crippen molar-refractivity contribution in [2.75, 3.05) is 6.54 Å². The minimum absolute atomic E-state index is 0.0957. The van der Waals surface area contributed by atoms with Crippen molar-refractivity contribution in [2.24, 2.45) is 0 Å². The Morgan fingerprint density at radius 2 is 1.68 bits per heavy atom. The van der Waals surface area contributed by atoms with Crippen LogP contribution in [0.25, 0.3) is 0 Å². The molecule has 0 aliphatic carbocycles. The summed E-state index contributed by atoms with van der Waals surface area (Å²) in [5.74, 6) is 0. The minimum Gasteiger partial charge on any atom is -0.445 e. The van der Waals surface area contributed by atoms with Crippen LogP contribution in [0.15, 0.2) is 42.5 Å². The fourth-order valence-electron chi connectivity index (χ4n) is 2.92. The lowest BCUT2D eigenvalue weighted by Gasteiger charge is -2.22. The molecule has 0 aliphatic heterocycles. The van der Waals surface area contributed by atoms with Crippen molar-refractivity contribution in [1.29, 1.82) is 0 Å². The Kier molecular flexibility index (Phi) is 6.56. The van der Waals surface area contributed by atoms with Crippen molar-refractivity contribution < 1.29 is 19.7 Å². The SMILES string of the molecule is Cc1cc(C)c(C(O)C(O)CNC(=O)OCc2ccccc2)c(C)c1. The molecule has 2 rings (SSSR count). The van der Waals surface area contributed by atoms with E-state index in [1.165, 1.54) is 0 Å². The first-order valence-corrected chi connectivity index (χ1v) is 8.27. The van der Waals surface area contributed by atoms with Gasteiger partial charge in [-0.25, -0.2) is 4.79 Å². The Hall–Kier alpha value is -2.37. The van der Waals surface area contributed by atoms with Crippen LogP contribution in [-0.2, 0) is 11.3 Å². The predicted molar refractivity (Wildman–Crippen MR) is 96.2 cm³/mol. The van der Waals surface area contributed by atoms with E-state index >= 15 is 0 Å². The molecule has 2 aromatic rings. The Morgan fingerprint density at radius 1 is 1.08 bits per heavy atom. The van der Waals surface area contributed by atoms with Crippen LogP contribution in [-0.4, -0.2) is 29.0 Å². The van der Waals surface area contributed by atoms with Gasteiger partial charge < -0.3 is 20.3 Å². The van der Waals surface area contributed by atoms with Crippen molar-refractivity contribution >= 4 is 6.09 Å². The van der Waals surface area contributed by atoms with Crippen molar-refractivity contribution in [3.05, 3.63) is 70.3 Å². The molecule has 0 aromatic heterocycles. The number of aliphatic hydroxyl groups is 2. The number of aryl methyl sites for hydroxylation is 3. The van der Waals surface area contributed by atoms with E-state index in [-0.39, 0.29) is 13.2 Å². The third-order valence-corrected chi connectivity index (χ3v) is 4.07. The molecular weight excluding hydrogens is 318 g/mol. The van der Waals surface area contributed by atoms with Gasteiger partial charge in [-0.1, -0.05) is 48.0 Å². The molecule has 2 aromatic carbocycles. The second kappa shape index (κ2) is 8.65. The molecule has 5 heteroatoms. The zero-order chi connectivity index (χ0) is 18.4. The molecule has 134 valence electrons. The van der Waals surface area contributed by atoms with Gasteiger partial charge in [0.05, 0.1) is 0 Å². The van der Waals surface area contributed by atoms with Crippen LogP contribution < -0.4 is 5.32 Å². The largest absolute Gasteiger partial charge is 0.445 e. The van der Waals surface area contributed by atoms with Crippen LogP contribution in [0.3, 0.4) is 0 Å². The van der Waals surface area contributed by atoms with Gasteiger partial charge in [0.15, 0.2) is 0 Å². The van der Waals surface area contributed by atoms with E-state index in [2.05, 4.69) is 5.32 Å². The van der Waals surface area contributed by atoms with Crippen LogP contribution in [0.2, 0.25) is 0 Å². The number of amides is 1. The maximum atomic E-state index is 11.7. The van der Waals surface area contributed by atoms with E-state index in [4.69, 9.17) is 4.74 Å². The summed E-state index contributed by atoms with van der Waals surface area (Å²) in [6.07, 6.45) is -2.83. The molecule has 0 fully saturated rings. The number of hydrogen-bond donors (Lipinski definition) is 3. The topological polar surface area (TPSA) is 78.8 Å². The molecule has 25 heavy (non-hydrogen) atoms. The number of aliphatic hydroxyl groups excluding tert-OH is 2. The maximum Gasteiger partial charge on any atom is 0.407 e. The van der Waals surface area contributed by atoms with Crippen LogP contribution in [0.4, 0.5) is 4.79 Å². The second-order valence-electron chi connectivity index (χ2n) is 6.27. The number of ether oxygens (including phenoxy) is 1. The van der Waals surface area contributed by atoms with E-state index in [1.807, 2.05) is 63.2 Å². The number of rotatable bonds is 6. The van der Waals surface area contributed by atoms with Crippen molar-refractivity contribution in [3.8, 4) is 0 Å². The molecule has 0 radical (unpaired) electrons. The fourth-order valence-corrected chi connectivity index (χ4v) is 2.92. The molecule has 2 unspecified atom stereocenters. The Morgan fingerprint density at radius 3 is 2.28 bits per heavy atom. The lowest BCUT2D eigenvalue weighted by Crippen LogP contribution is -2.36. The Bertz CT molecular complexity index is 692. The monoisotopic (exact) mass is 343 g/mol. The molecule has 1 amide bonds. The Labute approximate surface area is 148 Å². The first-order chi connectivity index (χ1) is 11.9. The summed E-state index contributed by atoms with van der Waals surface area (Å²) < 4.78 is 5.08. The molecular formula is C20H25NO4. The second-order valence-corrected chi connectivity index (χ2v) is 6.27. The number of alkyl carbamates (subject to hydrolysis) is 1. The zero-order valence-corrected chi connectivity index (χ0v) is 14.8. The average Bonchev–Trinajstić information content (AvgIpc) is 2.57. The smallest absolute Gasteiger partial charge is 0.407 e. The summed E-state index contributed by atoms with van der Waals surface area (Å²) in [6, 6.07) is 13.2. The highest BCUT2D eigenvalue weighted by Crippen LogP contribution is 2.25. The van der Waals surface area contributed by atoms with Gasteiger partial charge in [0, 0.05) is 6.54 Å². The Balaban J connectivity index is 1.87. The standard InChI is InChI=1S/C20H25NO4/c1-13-9-14(2)18(15(3)10-13)19(23)17(22)11-21-20(24)25-12-16-7-5-4-6-8-16/h4-10,17,19,22-23H,11-12H2,1-3H3,(H,21,24). The van der Waals surface area contributed by atoms with Gasteiger partial charge >= 0.3 is 6.09 Å². The minimum atomic E-state index is -1.12. The van der Waals surface area contributed by atoms with Crippen LogP contribution >= 0.6 is 0 Å². The quantitative estimate of drug-likeness (QED) is 0.753. The van der Waals surface area contributed by atoms with Crippen LogP contribution in [0.5, 0.6) is 0 Å². The molecule has 3 N–H and O–H groups in total. The first-order valence-electron chi connectivity index (χ1n) is 8.27. The highest BCUT2D eigenvalue weighted by molar-refractivity contribution is 5.67. The molecule has 2 atom stereocenters. The summed E-state index contributed by atoms with van der Waals surface area (Å²) >= 11 is 0. The van der Waals surface area contributed by atoms with Crippen LogP contribution in [0, 0.1) is 20.8 Å². The van der Waals surface area contributed by atoms with E-state index in [0.29, 0.717) is 5.56 Å². The van der Waals surface area contributed by atoms with Crippen molar-refractivity contribution in [2.45, 2.75) is 39.6 Å². The number of hydrogen-bond acceptors (Lipinski definition) is 4. The summed E-state index contributed by atoms with van der Waals surface area (Å²) in [6.45, 7) is 5.83. The summed E-state index contributed by atoms with van der Waals surface area (Å²) in [5, 5.41) is 23.1. The van der Waals surface area contributed by atoms with Gasteiger partial charge in [0.2, 0.25) is 0 Å². The van der Waals surface area contributed by atoms with Crippen molar-refractivity contribution in [3.63, 3.8) is 0 Å². The number of carbonyl (C=O) groups excluding carboxylic acids is 1. The summed E-state index contributed by atoms with van der Waals surface area (Å²) in [4.78, 5) is 11.7. The predicted octanol–water partition coefficient (Wildman–Crippen LogP) is 2.93. The molecule has 0 spiro atoms. The molecule has 0 aliphatic rings. The molecule has 0 saturated heterocycles. The average molecular weight is 343 g/mol. The lowest BCUT2D eigenvalue weighted by atomic mass is 9.93. The summed E-state index contributed by atoms with van der Waals surface area (Å²) in [7, 11) is 0. The van der Waals surface area contributed by atoms with Crippen molar-refractivity contribution in [1.82, 2.24) is 5.32 Å². The molecule has 0 saturated carbocycles. The third kappa shape index (κ3) is 5.31. The van der Waals surface area contributed by atoms with E-state index in [1.54, 1.807) is 0 Å². The number of benzene rings is 2. The highest BCUT2D eigenvalue weighted by atomic mass is 16.5. The van der Waals surface area contributed by atoms with E-state index < -0.39 is 18.3 Å². The van der Waals surface area contributed by atoms with Gasteiger partial charge in [0.1, 0.15) is 18.8 Å². The van der Waals surface area contributed by atoms with E-state index in [0.717, 1.165) is 22.3 Å². The highest BCUT2D eigenvalue weighted by Gasteiger charge is 2.22. The number of carbonyl (C=O) groups is 1. The first kappa shape index (κ1) is 19.0. The van der Waals surface area contributed by atoms with Gasteiger partial charge in [-0.15, -0.1) is 0 Å². The third-order valence-electron chi connectivity index (χ3n) is 4.07. The van der Waals surface area contributed by atoms with Gasteiger partial charge in [-0.2, -0.15) is 0 Å². The van der Waals surface area contributed by atoms with Gasteiger partial charge in [-0.05, 0) is 43.0 Å². The van der Waals surface area contributed by atoms with Gasteiger partial charge in [0.25, 0.3) is 0 Å². The molecule has 5 nitrogen and oxygen atoms in total. The maximum absolute atomic E-state index is 11.7. The summed E-state index contributed by atoms with van der Waals surface area (Å²) in [5.41, 5.74) is 4.50. The lowest BCUT2D eigenvalue weighted by molar-refractivity contribution is 0.0177. The van der Waals surface area contributed by atoms with Crippen LogP contribution in [0.1, 0.15) is 33.9 Å². The number of nitrogens with one attached hydrogen (secondary N) is 1. The zero-order valence-electron chi connectivity index (χ0n) is 14.8. The molecule has 0 bridgehead atoms. The molecule has 0 heterocycles.